The van der Waals surface area contributed by atoms with Crippen molar-refractivity contribution in [2.45, 2.75) is 25.3 Å². The average Bonchev–Trinajstić information content (AvgIpc) is 2.56. The molecular formula is C12H8F6O3. The first-order valence-electron chi connectivity index (χ1n) is 5.68. The Morgan fingerprint density at radius 1 is 1.10 bits per heavy atom. The second-order valence-corrected chi connectivity index (χ2v) is 4.68. The number of aliphatic hydroxyl groups is 2. The van der Waals surface area contributed by atoms with Gasteiger partial charge in [-0.15, -0.1) is 0 Å². The summed E-state index contributed by atoms with van der Waals surface area (Å²) in [5, 5.41) is 19.0. The fraction of sp³-hybridized carbons (Fsp3) is 0.417. The van der Waals surface area contributed by atoms with E-state index in [4.69, 9.17) is 0 Å². The fourth-order valence-electron chi connectivity index (χ4n) is 2.42. The predicted octanol–water partition coefficient (Wildman–Crippen LogP) is 2.35. The zero-order chi connectivity index (χ0) is 16.3. The van der Waals surface area contributed by atoms with Gasteiger partial charge in [-0.25, -0.2) is 13.2 Å². The third kappa shape index (κ3) is 2.11. The highest BCUT2D eigenvalue weighted by atomic mass is 19.4. The number of carbonyl (C=O) groups excluding carboxylic acids is 1. The molecule has 9 heteroatoms. The molecule has 0 spiro atoms. The van der Waals surface area contributed by atoms with E-state index in [1.54, 1.807) is 0 Å². The number of halogens is 6. The van der Waals surface area contributed by atoms with E-state index in [0.29, 0.717) is 0 Å². The van der Waals surface area contributed by atoms with E-state index in [9.17, 15) is 41.4 Å². The van der Waals surface area contributed by atoms with Gasteiger partial charge in [-0.05, 0) is 6.92 Å². The first-order valence-corrected chi connectivity index (χ1v) is 5.68. The van der Waals surface area contributed by atoms with Crippen LogP contribution in [0.25, 0.3) is 0 Å². The highest BCUT2D eigenvalue weighted by Gasteiger charge is 2.50. The quantitative estimate of drug-likeness (QED) is 0.618. The Hall–Kier alpha value is -1.61. The molecule has 0 bridgehead atoms. The molecule has 1 aromatic carbocycles. The summed E-state index contributed by atoms with van der Waals surface area (Å²) in [7, 11) is 0. The summed E-state index contributed by atoms with van der Waals surface area (Å²) in [6.07, 6.45) is -9.27. The molecule has 0 fully saturated rings. The van der Waals surface area contributed by atoms with Crippen LogP contribution in [0.3, 0.4) is 0 Å². The standard InChI is InChI=1S/C12H8F6O3/c1-2(19)3-10(20)4-5(11(3)21)8(14)9(15)6(7(4)13)12(16,17)18/h2-3,11,19,21H,1H3. The summed E-state index contributed by atoms with van der Waals surface area (Å²) in [6, 6.07) is 0. The lowest BCUT2D eigenvalue weighted by molar-refractivity contribution is -0.142. The maximum absolute atomic E-state index is 13.8. The number of rotatable bonds is 1. The molecule has 116 valence electrons. The van der Waals surface area contributed by atoms with E-state index in [1.807, 2.05) is 0 Å². The third-order valence-corrected chi connectivity index (χ3v) is 3.35. The Morgan fingerprint density at radius 2 is 1.62 bits per heavy atom. The molecule has 2 rings (SSSR count). The van der Waals surface area contributed by atoms with Gasteiger partial charge in [0, 0.05) is 5.56 Å². The van der Waals surface area contributed by atoms with Crippen LogP contribution < -0.4 is 0 Å². The molecule has 0 saturated heterocycles. The minimum Gasteiger partial charge on any atom is -0.393 e. The zero-order valence-corrected chi connectivity index (χ0v) is 10.3. The topological polar surface area (TPSA) is 57.5 Å². The van der Waals surface area contributed by atoms with Crippen LogP contribution in [0.15, 0.2) is 0 Å². The molecule has 0 radical (unpaired) electrons. The van der Waals surface area contributed by atoms with Gasteiger partial charge in [-0.1, -0.05) is 0 Å². The van der Waals surface area contributed by atoms with Crippen molar-refractivity contribution in [2.75, 3.05) is 0 Å². The summed E-state index contributed by atoms with van der Waals surface area (Å²) >= 11 is 0. The van der Waals surface area contributed by atoms with Crippen LogP contribution in [0.1, 0.15) is 34.5 Å². The van der Waals surface area contributed by atoms with Gasteiger partial charge in [0.25, 0.3) is 0 Å². The maximum Gasteiger partial charge on any atom is 0.422 e. The Labute approximate surface area is 113 Å². The van der Waals surface area contributed by atoms with Gasteiger partial charge < -0.3 is 10.2 Å². The summed E-state index contributed by atoms with van der Waals surface area (Å²) in [5.74, 6) is -10.1. The second-order valence-electron chi connectivity index (χ2n) is 4.68. The summed E-state index contributed by atoms with van der Waals surface area (Å²) in [6.45, 7) is 1.01. The molecule has 2 N–H and O–H groups in total. The number of hydrogen-bond acceptors (Lipinski definition) is 3. The Morgan fingerprint density at radius 3 is 2.05 bits per heavy atom. The van der Waals surface area contributed by atoms with E-state index < -0.39 is 64.2 Å². The van der Waals surface area contributed by atoms with Crippen molar-refractivity contribution < 1.29 is 41.4 Å². The van der Waals surface area contributed by atoms with Crippen molar-refractivity contribution in [2.24, 2.45) is 5.92 Å². The normalized spacial score (nSPS) is 23.4. The summed E-state index contributed by atoms with van der Waals surface area (Å²) in [5.41, 5.74) is -5.11. The molecule has 21 heavy (non-hydrogen) atoms. The molecule has 0 aromatic heterocycles. The van der Waals surface area contributed by atoms with Crippen LogP contribution in [0.5, 0.6) is 0 Å². The average molecular weight is 314 g/mol. The van der Waals surface area contributed by atoms with Crippen molar-refractivity contribution in [1.82, 2.24) is 0 Å². The van der Waals surface area contributed by atoms with Crippen LogP contribution >= 0.6 is 0 Å². The van der Waals surface area contributed by atoms with Gasteiger partial charge >= 0.3 is 6.18 Å². The molecular weight excluding hydrogens is 306 g/mol. The first-order chi connectivity index (χ1) is 9.50. The maximum atomic E-state index is 13.8. The number of alkyl halides is 3. The predicted molar refractivity (Wildman–Crippen MR) is 55.8 cm³/mol. The number of fused-ring (bicyclic) bond motifs is 1. The van der Waals surface area contributed by atoms with Gasteiger partial charge in [0.1, 0.15) is 11.4 Å². The molecule has 0 aliphatic heterocycles. The van der Waals surface area contributed by atoms with E-state index in [2.05, 4.69) is 0 Å². The van der Waals surface area contributed by atoms with Crippen molar-refractivity contribution in [3.63, 3.8) is 0 Å². The second kappa shape index (κ2) is 4.70. The van der Waals surface area contributed by atoms with Gasteiger partial charge in [0.05, 0.1) is 23.7 Å². The minimum absolute atomic E-state index is 1.01. The number of aliphatic hydroxyl groups excluding tert-OH is 2. The highest BCUT2D eigenvalue weighted by Crippen LogP contribution is 2.45. The van der Waals surface area contributed by atoms with Gasteiger partial charge in [-0.2, -0.15) is 13.2 Å². The first kappa shape index (κ1) is 15.8. The number of carbonyl (C=O) groups is 1. The van der Waals surface area contributed by atoms with Crippen molar-refractivity contribution in [3.8, 4) is 0 Å². The Bertz CT molecular complexity index is 623. The van der Waals surface area contributed by atoms with Crippen molar-refractivity contribution in [1.29, 1.82) is 0 Å². The monoisotopic (exact) mass is 314 g/mol. The van der Waals surface area contributed by atoms with E-state index in [0.717, 1.165) is 6.92 Å². The van der Waals surface area contributed by atoms with Crippen molar-refractivity contribution in [3.05, 3.63) is 34.1 Å². The number of Topliss-reactive ketones (excluding diaryl/α,β-unsaturated/α-hetero) is 1. The van der Waals surface area contributed by atoms with E-state index in [-0.39, 0.29) is 0 Å². The van der Waals surface area contributed by atoms with E-state index in [1.165, 1.54) is 0 Å². The number of benzene rings is 1. The smallest absolute Gasteiger partial charge is 0.393 e. The number of ketones is 1. The van der Waals surface area contributed by atoms with Crippen LogP contribution in [0.2, 0.25) is 0 Å². The number of hydrogen-bond donors (Lipinski definition) is 2. The van der Waals surface area contributed by atoms with Crippen LogP contribution in [0, 0.1) is 23.4 Å². The summed E-state index contributed by atoms with van der Waals surface area (Å²) in [4.78, 5) is 11.8. The lowest BCUT2D eigenvalue weighted by Crippen LogP contribution is -2.26. The van der Waals surface area contributed by atoms with E-state index >= 15 is 0 Å². The van der Waals surface area contributed by atoms with Crippen LogP contribution in [-0.4, -0.2) is 22.1 Å². The van der Waals surface area contributed by atoms with Crippen molar-refractivity contribution >= 4 is 5.78 Å². The van der Waals surface area contributed by atoms with Crippen LogP contribution in [0.4, 0.5) is 26.3 Å². The molecule has 3 nitrogen and oxygen atoms in total. The van der Waals surface area contributed by atoms with Gasteiger partial charge in [-0.3, -0.25) is 4.79 Å². The lowest BCUT2D eigenvalue weighted by atomic mass is 9.97. The molecule has 0 saturated carbocycles. The molecule has 3 atom stereocenters. The molecule has 1 aromatic rings. The highest BCUT2D eigenvalue weighted by molar-refractivity contribution is 6.03. The van der Waals surface area contributed by atoms with Gasteiger partial charge in [0.15, 0.2) is 17.4 Å². The molecule has 0 amide bonds. The summed E-state index contributed by atoms with van der Waals surface area (Å²) < 4.78 is 78.7. The third-order valence-electron chi connectivity index (χ3n) is 3.35. The Balaban J connectivity index is 2.83. The molecule has 1 aliphatic rings. The van der Waals surface area contributed by atoms with Gasteiger partial charge in [0.2, 0.25) is 0 Å². The molecule has 0 heterocycles. The largest absolute Gasteiger partial charge is 0.422 e. The molecule has 1 aliphatic carbocycles. The molecule has 3 unspecified atom stereocenters. The minimum atomic E-state index is -5.56. The van der Waals surface area contributed by atoms with Crippen LogP contribution in [-0.2, 0) is 6.18 Å². The SMILES string of the molecule is CC(O)C1C(=O)c2c(F)c(C(F)(F)F)c(F)c(F)c2C1O. The Kier molecular flexibility index (Phi) is 3.53. The lowest BCUT2D eigenvalue weighted by Gasteiger charge is -2.16. The zero-order valence-electron chi connectivity index (χ0n) is 10.3. The fourth-order valence-corrected chi connectivity index (χ4v) is 2.42.